The van der Waals surface area contributed by atoms with Crippen molar-refractivity contribution in [3.8, 4) is 0 Å². The van der Waals surface area contributed by atoms with Crippen molar-refractivity contribution in [3.63, 3.8) is 0 Å². The van der Waals surface area contributed by atoms with E-state index in [1.54, 1.807) is 80.4 Å². The highest BCUT2D eigenvalue weighted by molar-refractivity contribution is 6.10. The van der Waals surface area contributed by atoms with E-state index in [4.69, 9.17) is 4.74 Å². The molecule has 2 amide bonds. The number of piperidine rings is 1. The Morgan fingerprint density at radius 1 is 1.12 bits per heavy atom. The van der Waals surface area contributed by atoms with Crippen LogP contribution < -0.4 is 10.2 Å². The van der Waals surface area contributed by atoms with Gasteiger partial charge in [0.05, 0.1) is 17.8 Å². The molecule has 4 aromatic rings. The summed E-state index contributed by atoms with van der Waals surface area (Å²) in [5, 5.41) is 8.04. The molecule has 0 saturated carbocycles. The Hall–Kier alpha value is -4.61. The predicted molar refractivity (Wildman–Crippen MR) is 148 cm³/mol. The Morgan fingerprint density at radius 3 is 2.62 bits per heavy atom. The third-order valence-electron chi connectivity index (χ3n) is 6.51. The number of fused-ring (bicyclic) bond motifs is 1. The summed E-state index contributed by atoms with van der Waals surface area (Å²) in [6.45, 7) is 6.12. The standard InChI is InChI=1S/C28H31FN8O3/c1-28(2,3)40-27(39)36-14-5-7-20(17-36)37(24-23-18(10-13-30-24)16-33-35(23)4)25(38)21-9-8-19(15-22(21)29)34-26-31-11-6-12-32-26/h6,8-13,15-16,20H,5,7,14,17H2,1-4H3,(H,31,32,34)/t20-/m1/s1. The van der Waals surface area contributed by atoms with E-state index in [0.29, 0.717) is 42.4 Å². The zero-order valence-electron chi connectivity index (χ0n) is 22.8. The first-order chi connectivity index (χ1) is 19.1. The number of nitrogens with zero attached hydrogens (tertiary/aromatic N) is 7. The van der Waals surface area contributed by atoms with Crippen LogP contribution >= 0.6 is 0 Å². The number of hydrogen-bond donors (Lipinski definition) is 1. The van der Waals surface area contributed by atoms with Gasteiger partial charge in [-0.3, -0.25) is 14.4 Å². The van der Waals surface area contributed by atoms with Crippen molar-refractivity contribution in [1.82, 2.24) is 29.6 Å². The molecule has 40 heavy (non-hydrogen) atoms. The zero-order valence-corrected chi connectivity index (χ0v) is 22.8. The molecule has 1 fully saturated rings. The van der Waals surface area contributed by atoms with Gasteiger partial charge in [-0.05, 0) is 63.9 Å². The van der Waals surface area contributed by atoms with Gasteiger partial charge in [-0.1, -0.05) is 0 Å². The van der Waals surface area contributed by atoms with Crippen LogP contribution in [0.15, 0.2) is 55.1 Å². The molecule has 11 nitrogen and oxygen atoms in total. The van der Waals surface area contributed by atoms with Crippen molar-refractivity contribution < 1.29 is 18.7 Å². The normalized spacial score (nSPS) is 15.6. The molecule has 0 unspecified atom stereocenters. The molecule has 5 rings (SSSR count). The van der Waals surface area contributed by atoms with E-state index < -0.39 is 29.5 Å². The molecule has 1 aliphatic heterocycles. The molecule has 1 aliphatic rings. The van der Waals surface area contributed by atoms with Crippen molar-refractivity contribution in [2.45, 2.75) is 45.3 Å². The Morgan fingerprint density at radius 2 is 1.90 bits per heavy atom. The number of carbonyl (C=O) groups excluding carboxylic acids is 2. The lowest BCUT2D eigenvalue weighted by Crippen LogP contribution is -2.53. The Kier molecular flexibility index (Phi) is 7.33. The van der Waals surface area contributed by atoms with Gasteiger partial charge in [-0.25, -0.2) is 24.1 Å². The number of amides is 2. The monoisotopic (exact) mass is 546 g/mol. The molecule has 0 radical (unpaired) electrons. The molecular formula is C28H31FN8O3. The lowest BCUT2D eigenvalue weighted by Gasteiger charge is -2.39. The van der Waals surface area contributed by atoms with E-state index in [1.807, 2.05) is 0 Å². The van der Waals surface area contributed by atoms with Crippen molar-refractivity contribution in [2.24, 2.45) is 7.05 Å². The average Bonchev–Trinajstić information content (AvgIpc) is 3.30. The molecule has 4 heterocycles. The highest BCUT2D eigenvalue weighted by atomic mass is 19.1. The van der Waals surface area contributed by atoms with Crippen molar-refractivity contribution in [2.75, 3.05) is 23.3 Å². The van der Waals surface area contributed by atoms with Gasteiger partial charge in [0, 0.05) is 49.8 Å². The van der Waals surface area contributed by atoms with Crippen LogP contribution in [0.3, 0.4) is 0 Å². The molecule has 12 heteroatoms. The van der Waals surface area contributed by atoms with E-state index in [1.165, 1.54) is 17.0 Å². The Labute approximate surface area is 231 Å². The summed E-state index contributed by atoms with van der Waals surface area (Å²) in [6.07, 6.45) is 7.18. The summed E-state index contributed by atoms with van der Waals surface area (Å²) >= 11 is 0. The number of carbonyl (C=O) groups is 2. The van der Waals surface area contributed by atoms with Gasteiger partial charge < -0.3 is 15.0 Å². The molecule has 3 aromatic heterocycles. The second-order valence-corrected chi connectivity index (χ2v) is 10.6. The number of nitrogens with one attached hydrogen (secondary N) is 1. The Balaban J connectivity index is 1.51. The highest BCUT2D eigenvalue weighted by Crippen LogP contribution is 2.31. The predicted octanol–water partition coefficient (Wildman–Crippen LogP) is 4.69. The fraction of sp³-hybridized carbons (Fsp3) is 0.357. The summed E-state index contributed by atoms with van der Waals surface area (Å²) in [4.78, 5) is 42.9. The van der Waals surface area contributed by atoms with E-state index in [-0.39, 0.29) is 12.1 Å². The number of halogens is 1. The number of anilines is 3. The molecule has 1 N–H and O–H groups in total. The third-order valence-corrected chi connectivity index (χ3v) is 6.51. The van der Waals surface area contributed by atoms with Crippen LogP contribution in [0.4, 0.5) is 26.6 Å². The lowest BCUT2D eigenvalue weighted by atomic mass is 10.0. The lowest BCUT2D eigenvalue weighted by molar-refractivity contribution is 0.0196. The van der Waals surface area contributed by atoms with Gasteiger partial charge in [0.15, 0.2) is 5.82 Å². The second-order valence-electron chi connectivity index (χ2n) is 10.6. The molecule has 0 spiro atoms. The summed E-state index contributed by atoms with van der Waals surface area (Å²) in [7, 11) is 1.76. The molecule has 208 valence electrons. The van der Waals surface area contributed by atoms with Gasteiger partial charge in [-0.2, -0.15) is 5.10 Å². The zero-order chi connectivity index (χ0) is 28.4. The highest BCUT2D eigenvalue weighted by Gasteiger charge is 2.36. The van der Waals surface area contributed by atoms with Crippen molar-refractivity contribution >= 4 is 40.4 Å². The molecule has 1 atom stereocenters. The summed E-state index contributed by atoms with van der Waals surface area (Å²) in [5.74, 6) is -0.637. The fourth-order valence-electron chi connectivity index (χ4n) is 4.76. The Bertz CT molecular complexity index is 1540. The first-order valence-corrected chi connectivity index (χ1v) is 13.0. The molecule has 1 saturated heterocycles. The van der Waals surface area contributed by atoms with E-state index in [0.717, 1.165) is 5.39 Å². The van der Waals surface area contributed by atoms with Crippen LogP contribution in [0.2, 0.25) is 0 Å². The summed E-state index contributed by atoms with van der Waals surface area (Å²) in [6, 6.07) is 7.25. The maximum Gasteiger partial charge on any atom is 0.410 e. The van der Waals surface area contributed by atoms with Gasteiger partial charge in [0.1, 0.15) is 16.9 Å². The van der Waals surface area contributed by atoms with Gasteiger partial charge >= 0.3 is 6.09 Å². The third kappa shape index (κ3) is 5.70. The van der Waals surface area contributed by atoms with Crippen molar-refractivity contribution in [1.29, 1.82) is 0 Å². The van der Waals surface area contributed by atoms with Crippen LogP contribution in [0.5, 0.6) is 0 Å². The maximum atomic E-state index is 15.5. The average molecular weight is 547 g/mol. The van der Waals surface area contributed by atoms with E-state index in [2.05, 4.69) is 25.4 Å². The number of ether oxygens (including phenoxy) is 1. The largest absolute Gasteiger partial charge is 0.444 e. The number of aromatic nitrogens is 5. The number of aryl methyl sites for hydroxylation is 1. The molecule has 1 aromatic carbocycles. The van der Waals surface area contributed by atoms with E-state index >= 15 is 4.39 Å². The number of likely N-dealkylation sites (tertiary alicyclic amines) is 1. The minimum atomic E-state index is -0.715. The first kappa shape index (κ1) is 27.0. The minimum absolute atomic E-state index is 0.130. The van der Waals surface area contributed by atoms with Crippen LogP contribution in [0, 0.1) is 5.82 Å². The number of pyridine rings is 1. The second kappa shape index (κ2) is 10.9. The molecule has 0 bridgehead atoms. The SMILES string of the molecule is Cn1ncc2ccnc(N(C(=O)c3ccc(Nc4ncccn4)cc3F)[C@@H]3CCCN(C(=O)OC(C)(C)C)C3)c21. The van der Waals surface area contributed by atoms with Crippen LogP contribution in [-0.4, -0.2) is 66.4 Å². The fourth-order valence-corrected chi connectivity index (χ4v) is 4.76. The van der Waals surface area contributed by atoms with Crippen LogP contribution in [0.25, 0.3) is 10.9 Å². The number of rotatable bonds is 5. The van der Waals surface area contributed by atoms with Crippen molar-refractivity contribution in [3.05, 3.63) is 66.5 Å². The molecular weight excluding hydrogens is 515 g/mol. The number of hydrogen-bond acceptors (Lipinski definition) is 8. The van der Waals surface area contributed by atoms with Gasteiger partial charge in [0.25, 0.3) is 5.91 Å². The van der Waals surface area contributed by atoms with Gasteiger partial charge in [0.2, 0.25) is 5.95 Å². The van der Waals surface area contributed by atoms with Gasteiger partial charge in [-0.15, -0.1) is 0 Å². The maximum absolute atomic E-state index is 15.5. The number of benzene rings is 1. The minimum Gasteiger partial charge on any atom is -0.444 e. The quantitative estimate of drug-likeness (QED) is 0.383. The van der Waals surface area contributed by atoms with Crippen LogP contribution in [-0.2, 0) is 11.8 Å². The van der Waals surface area contributed by atoms with E-state index in [9.17, 15) is 9.59 Å². The van der Waals surface area contributed by atoms with Crippen LogP contribution in [0.1, 0.15) is 44.0 Å². The first-order valence-electron chi connectivity index (χ1n) is 13.0. The summed E-state index contributed by atoms with van der Waals surface area (Å²) < 4.78 is 22.7. The smallest absolute Gasteiger partial charge is 0.410 e. The summed E-state index contributed by atoms with van der Waals surface area (Å²) in [5.41, 5.74) is 0.234. The topological polar surface area (TPSA) is 118 Å². The molecule has 0 aliphatic carbocycles.